The summed E-state index contributed by atoms with van der Waals surface area (Å²) in [6.07, 6.45) is 9.70. The van der Waals surface area contributed by atoms with Crippen molar-refractivity contribution in [1.29, 1.82) is 0 Å². The van der Waals surface area contributed by atoms with Crippen molar-refractivity contribution in [3.8, 4) is 0 Å². The minimum Gasteiger partial charge on any atom is -0.355 e. The third-order valence-corrected chi connectivity index (χ3v) is 5.90. The van der Waals surface area contributed by atoms with E-state index in [0.29, 0.717) is 30.8 Å². The van der Waals surface area contributed by atoms with Crippen LogP contribution in [0.5, 0.6) is 0 Å². The highest BCUT2D eigenvalue weighted by Gasteiger charge is 2.48. The van der Waals surface area contributed by atoms with Crippen molar-refractivity contribution in [2.75, 3.05) is 6.54 Å². The Labute approximate surface area is 144 Å². The van der Waals surface area contributed by atoms with Crippen molar-refractivity contribution >= 4 is 24.2 Å². The molecule has 0 radical (unpaired) electrons. The summed E-state index contributed by atoms with van der Waals surface area (Å²) in [5, 5.41) is 6.01. The molecular weight excluding hydrogens is 314 g/mol. The van der Waals surface area contributed by atoms with Gasteiger partial charge < -0.3 is 16.4 Å². The van der Waals surface area contributed by atoms with Crippen LogP contribution in [0, 0.1) is 17.8 Å². The minimum atomic E-state index is -0.0276. The lowest BCUT2D eigenvalue weighted by Crippen LogP contribution is -2.46. The van der Waals surface area contributed by atoms with Gasteiger partial charge in [0.05, 0.1) is 5.92 Å². The van der Waals surface area contributed by atoms with Crippen molar-refractivity contribution in [3.63, 3.8) is 0 Å². The van der Waals surface area contributed by atoms with Crippen LogP contribution < -0.4 is 16.4 Å². The molecule has 2 bridgehead atoms. The normalized spacial score (nSPS) is 33.1. The molecule has 0 aromatic carbocycles. The summed E-state index contributed by atoms with van der Waals surface area (Å²) in [6.45, 7) is 0.429. The monoisotopic (exact) mass is 343 g/mol. The number of halogens is 1. The molecule has 0 saturated heterocycles. The summed E-state index contributed by atoms with van der Waals surface area (Å²) in [6, 6.07) is 0.366. The molecule has 6 heteroatoms. The lowest BCUT2D eigenvalue weighted by Gasteiger charge is -2.27. The Bertz CT molecular complexity index is 424. The molecule has 3 aliphatic rings. The number of amides is 2. The highest BCUT2D eigenvalue weighted by Crippen LogP contribution is 2.47. The first-order chi connectivity index (χ1) is 10.6. The second-order valence-corrected chi connectivity index (χ2v) is 7.38. The largest absolute Gasteiger partial charge is 0.355 e. The maximum atomic E-state index is 12.3. The van der Waals surface area contributed by atoms with Gasteiger partial charge in [0.1, 0.15) is 0 Å². The number of nitrogens with two attached hydrogens (primary N) is 1. The van der Waals surface area contributed by atoms with E-state index in [2.05, 4.69) is 10.6 Å². The summed E-state index contributed by atoms with van der Waals surface area (Å²) >= 11 is 0. The average molecular weight is 344 g/mol. The van der Waals surface area contributed by atoms with Crippen LogP contribution in [0.3, 0.4) is 0 Å². The number of carbonyl (C=O) groups excluding carboxylic acids is 2. The predicted molar refractivity (Wildman–Crippen MR) is 92.2 cm³/mol. The Morgan fingerprint density at radius 2 is 1.70 bits per heavy atom. The Balaban J connectivity index is 0.00000192. The van der Waals surface area contributed by atoms with Crippen LogP contribution in [-0.4, -0.2) is 30.4 Å². The van der Waals surface area contributed by atoms with E-state index >= 15 is 0 Å². The van der Waals surface area contributed by atoms with E-state index in [1.165, 1.54) is 25.7 Å². The lowest BCUT2D eigenvalue weighted by molar-refractivity contribution is -0.127. The van der Waals surface area contributed by atoms with Crippen LogP contribution in [0.15, 0.2) is 0 Å². The van der Waals surface area contributed by atoms with Crippen LogP contribution in [0.2, 0.25) is 0 Å². The SMILES string of the molecule is Cl.NC1C2CCC(C2)C1C(=O)NCCC(=O)NC1CCCCC1. The summed E-state index contributed by atoms with van der Waals surface area (Å²) in [4.78, 5) is 24.2. The highest BCUT2D eigenvalue weighted by molar-refractivity contribution is 5.85. The van der Waals surface area contributed by atoms with Crippen molar-refractivity contribution in [2.45, 2.75) is 69.9 Å². The number of carbonyl (C=O) groups is 2. The second kappa shape index (κ2) is 8.34. The molecule has 0 heterocycles. The van der Waals surface area contributed by atoms with E-state index in [1.54, 1.807) is 0 Å². The van der Waals surface area contributed by atoms with Gasteiger partial charge in [-0.2, -0.15) is 0 Å². The summed E-state index contributed by atoms with van der Waals surface area (Å²) in [7, 11) is 0. The summed E-state index contributed by atoms with van der Waals surface area (Å²) in [5.74, 6) is 1.10. The van der Waals surface area contributed by atoms with Crippen molar-refractivity contribution in [2.24, 2.45) is 23.5 Å². The fourth-order valence-corrected chi connectivity index (χ4v) is 4.69. The fraction of sp³-hybridized carbons (Fsp3) is 0.882. The summed E-state index contributed by atoms with van der Waals surface area (Å²) < 4.78 is 0. The molecule has 0 aromatic rings. The first-order valence-corrected chi connectivity index (χ1v) is 8.98. The zero-order valence-corrected chi connectivity index (χ0v) is 14.6. The number of fused-ring (bicyclic) bond motifs is 2. The van der Waals surface area contributed by atoms with Crippen molar-refractivity contribution in [1.82, 2.24) is 10.6 Å². The fourth-order valence-electron chi connectivity index (χ4n) is 4.69. The molecule has 4 atom stereocenters. The number of nitrogens with one attached hydrogen (secondary N) is 2. The Morgan fingerprint density at radius 1 is 1.00 bits per heavy atom. The molecule has 3 rings (SSSR count). The average Bonchev–Trinajstić information content (AvgIpc) is 3.09. The number of rotatable bonds is 5. The van der Waals surface area contributed by atoms with Crippen molar-refractivity contribution in [3.05, 3.63) is 0 Å². The first-order valence-electron chi connectivity index (χ1n) is 8.98. The van der Waals surface area contributed by atoms with Gasteiger partial charge in [-0.1, -0.05) is 19.3 Å². The maximum absolute atomic E-state index is 12.3. The predicted octanol–water partition coefficient (Wildman–Crippen LogP) is 1.74. The molecule has 4 N–H and O–H groups in total. The maximum Gasteiger partial charge on any atom is 0.224 e. The van der Waals surface area contributed by atoms with E-state index in [1.807, 2.05) is 0 Å². The van der Waals surface area contributed by atoms with Crippen LogP contribution in [0.1, 0.15) is 57.8 Å². The van der Waals surface area contributed by atoms with Gasteiger partial charge in [-0.25, -0.2) is 0 Å². The zero-order valence-electron chi connectivity index (χ0n) is 13.8. The van der Waals surface area contributed by atoms with Gasteiger partial charge in [0.2, 0.25) is 11.8 Å². The van der Waals surface area contributed by atoms with Crippen LogP contribution >= 0.6 is 12.4 Å². The molecule has 3 fully saturated rings. The molecule has 3 aliphatic carbocycles. The molecule has 23 heavy (non-hydrogen) atoms. The molecule has 132 valence electrons. The summed E-state index contributed by atoms with van der Waals surface area (Å²) in [5.41, 5.74) is 6.18. The third-order valence-electron chi connectivity index (χ3n) is 5.90. The molecule has 4 unspecified atom stereocenters. The van der Waals surface area contributed by atoms with E-state index in [4.69, 9.17) is 5.73 Å². The molecule has 5 nitrogen and oxygen atoms in total. The first kappa shape index (κ1) is 18.5. The molecule has 2 amide bonds. The smallest absolute Gasteiger partial charge is 0.224 e. The molecule has 0 aliphatic heterocycles. The molecule has 0 aromatic heterocycles. The van der Waals surface area contributed by atoms with E-state index in [9.17, 15) is 9.59 Å². The second-order valence-electron chi connectivity index (χ2n) is 7.38. The van der Waals surface area contributed by atoms with Gasteiger partial charge in [-0.05, 0) is 43.9 Å². The lowest BCUT2D eigenvalue weighted by atomic mass is 9.84. The van der Waals surface area contributed by atoms with Gasteiger partial charge in [0.25, 0.3) is 0 Å². The zero-order chi connectivity index (χ0) is 15.5. The van der Waals surface area contributed by atoms with Crippen molar-refractivity contribution < 1.29 is 9.59 Å². The van der Waals surface area contributed by atoms with Crippen LogP contribution in [0.25, 0.3) is 0 Å². The van der Waals surface area contributed by atoms with Crippen LogP contribution in [-0.2, 0) is 9.59 Å². The standard InChI is InChI=1S/C17H29N3O2.ClH/c18-16-12-7-6-11(10-12)15(16)17(22)19-9-8-14(21)20-13-4-2-1-3-5-13;/h11-13,15-16H,1-10,18H2,(H,19,22)(H,20,21);1H. The Kier molecular flexibility index (Phi) is 6.72. The topological polar surface area (TPSA) is 84.2 Å². The van der Waals surface area contributed by atoms with Gasteiger partial charge in [-0.15, -0.1) is 12.4 Å². The molecule has 0 spiro atoms. The van der Waals surface area contributed by atoms with Crippen LogP contribution in [0.4, 0.5) is 0 Å². The quantitative estimate of drug-likeness (QED) is 0.710. The number of hydrogen-bond donors (Lipinski definition) is 3. The van der Waals surface area contributed by atoms with E-state index in [0.717, 1.165) is 25.7 Å². The Hall–Kier alpha value is -0.810. The molecular formula is C17H30ClN3O2. The molecule has 3 saturated carbocycles. The van der Waals surface area contributed by atoms with E-state index in [-0.39, 0.29) is 36.2 Å². The highest BCUT2D eigenvalue weighted by atomic mass is 35.5. The van der Waals surface area contributed by atoms with Gasteiger partial charge in [0, 0.05) is 25.0 Å². The minimum absolute atomic E-state index is 0. The van der Waals surface area contributed by atoms with Gasteiger partial charge >= 0.3 is 0 Å². The van der Waals surface area contributed by atoms with Gasteiger partial charge in [0.15, 0.2) is 0 Å². The third kappa shape index (κ3) is 4.38. The Morgan fingerprint density at radius 3 is 2.35 bits per heavy atom. The number of hydrogen-bond acceptors (Lipinski definition) is 3. The van der Waals surface area contributed by atoms with Gasteiger partial charge in [-0.3, -0.25) is 9.59 Å². The van der Waals surface area contributed by atoms with E-state index < -0.39 is 0 Å².